The van der Waals surface area contributed by atoms with Crippen LogP contribution in [0.4, 0.5) is 23.1 Å². The molecule has 3 fully saturated rings. The number of anilines is 4. The summed E-state index contributed by atoms with van der Waals surface area (Å²) in [7, 11) is 0. The normalized spacial score (nSPS) is 20.7. The Morgan fingerprint density at radius 3 is 2.62 bits per heavy atom. The highest BCUT2D eigenvalue weighted by Gasteiger charge is 2.36. The summed E-state index contributed by atoms with van der Waals surface area (Å²) in [6, 6.07) is 8.40. The molecule has 3 aliphatic rings. The summed E-state index contributed by atoms with van der Waals surface area (Å²) in [6.45, 7) is 9.91. The molecule has 2 aromatic heterocycles. The SMILES string of the molecule is Cc1cc(Nc2nc(N3CCC4(CCCNC4)CC3)c3occc3n2)ccc1N1CCOCC1. The highest BCUT2D eigenvalue weighted by Crippen LogP contribution is 2.39. The van der Waals surface area contributed by atoms with Crippen molar-refractivity contribution in [2.24, 2.45) is 5.41 Å². The van der Waals surface area contributed by atoms with Gasteiger partial charge in [0.1, 0.15) is 5.52 Å². The van der Waals surface area contributed by atoms with Crippen LogP contribution in [0.1, 0.15) is 31.2 Å². The summed E-state index contributed by atoms with van der Waals surface area (Å²) < 4.78 is 11.3. The number of ether oxygens (including phenoxy) is 1. The molecule has 180 valence electrons. The van der Waals surface area contributed by atoms with Gasteiger partial charge in [0.15, 0.2) is 11.4 Å². The van der Waals surface area contributed by atoms with Crippen LogP contribution in [0.2, 0.25) is 0 Å². The number of aromatic nitrogens is 2. The summed E-state index contributed by atoms with van der Waals surface area (Å²) >= 11 is 0. The second-order valence-corrected chi connectivity index (χ2v) is 10.00. The van der Waals surface area contributed by atoms with Gasteiger partial charge in [-0.2, -0.15) is 4.98 Å². The lowest BCUT2D eigenvalue weighted by Crippen LogP contribution is -2.48. The zero-order chi connectivity index (χ0) is 23.0. The number of nitrogens with zero attached hydrogens (tertiary/aromatic N) is 4. The van der Waals surface area contributed by atoms with E-state index in [1.165, 1.54) is 36.9 Å². The zero-order valence-corrected chi connectivity index (χ0v) is 20.0. The number of hydrogen-bond acceptors (Lipinski definition) is 8. The maximum Gasteiger partial charge on any atom is 0.229 e. The van der Waals surface area contributed by atoms with Gasteiger partial charge < -0.3 is 29.6 Å². The fraction of sp³-hybridized carbons (Fsp3) is 0.538. The van der Waals surface area contributed by atoms with Gasteiger partial charge in [0, 0.05) is 50.2 Å². The molecule has 3 aromatic rings. The van der Waals surface area contributed by atoms with Crippen molar-refractivity contribution >= 4 is 34.2 Å². The maximum atomic E-state index is 5.82. The molecule has 0 unspecified atom stereocenters. The third kappa shape index (κ3) is 4.20. The molecular weight excluding hydrogens is 428 g/mol. The van der Waals surface area contributed by atoms with E-state index in [1.54, 1.807) is 6.26 Å². The van der Waals surface area contributed by atoms with Gasteiger partial charge in [0.2, 0.25) is 5.95 Å². The van der Waals surface area contributed by atoms with E-state index in [4.69, 9.17) is 19.1 Å². The number of nitrogens with one attached hydrogen (secondary N) is 2. The highest BCUT2D eigenvalue weighted by atomic mass is 16.5. The number of piperidine rings is 2. The number of aryl methyl sites for hydroxylation is 1. The first-order chi connectivity index (χ1) is 16.7. The summed E-state index contributed by atoms with van der Waals surface area (Å²) in [4.78, 5) is 14.4. The fourth-order valence-electron chi connectivity index (χ4n) is 5.79. The van der Waals surface area contributed by atoms with Crippen LogP contribution in [-0.4, -0.2) is 62.5 Å². The van der Waals surface area contributed by atoms with Gasteiger partial charge in [-0.1, -0.05) is 0 Å². The molecule has 0 aliphatic carbocycles. The summed E-state index contributed by atoms with van der Waals surface area (Å²) in [5.74, 6) is 1.51. The Morgan fingerprint density at radius 2 is 1.85 bits per heavy atom. The van der Waals surface area contributed by atoms with Gasteiger partial charge in [-0.05, 0) is 68.3 Å². The van der Waals surface area contributed by atoms with Gasteiger partial charge in [-0.15, -0.1) is 0 Å². The van der Waals surface area contributed by atoms with Crippen molar-refractivity contribution in [2.45, 2.75) is 32.6 Å². The van der Waals surface area contributed by atoms with Gasteiger partial charge in [-0.3, -0.25) is 0 Å². The molecule has 0 amide bonds. The average Bonchev–Trinajstić information content (AvgIpc) is 3.34. The Kier molecular flexibility index (Phi) is 5.79. The molecule has 0 bridgehead atoms. The minimum absolute atomic E-state index is 0.449. The molecule has 3 aliphatic heterocycles. The van der Waals surface area contributed by atoms with Crippen molar-refractivity contribution in [2.75, 3.05) is 67.6 Å². The molecule has 1 spiro atoms. The van der Waals surface area contributed by atoms with E-state index in [0.717, 1.165) is 75.1 Å². The predicted octanol–water partition coefficient (Wildman–Crippen LogP) is 4.08. The summed E-state index contributed by atoms with van der Waals surface area (Å²) in [6.07, 6.45) is 6.72. The van der Waals surface area contributed by atoms with Crippen LogP contribution in [0.25, 0.3) is 11.1 Å². The van der Waals surface area contributed by atoms with E-state index in [-0.39, 0.29) is 0 Å². The Hall–Kier alpha value is -2.84. The highest BCUT2D eigenvalue weighted by molar-refractivity contribution is 5.85. The van der Waals surface area contributed by atoms with Crippen LogP contribution in [-0.2, 0) is 4.74 Å². The summed E-state index contributed by atoms with van der Waals surface area (Å²) in [5, 5.41) is 7.06. The minimum atomic E-state index is 0.449. The van der Waals surface area contributed by atoms with E-state index < -0.39 is 0 Å². The Bertz CT molecular complexity index is 1140. The molecule has 8 nitrogen and oxygen atoms in total. The Balaban J connectivity index is 1.22. The van der Waals surface area contributed by atoms with Crippen molar-refractivity contribution in [3.05, 3.63) is 36.1 Å². The van der Waals surface area contributed by atoms with Crippen molar-refractivity contribution in [1.82, 2.24) is 15.3 Å². The summed E-state index contributed by atoms with van der Waals surface area (Å²) in [5.41, 5.74) is 5.56. The fourth-order valence-corrected chi connectivity index (χ4v) is 5.79. The lowest BCUT2D eigenvalue weighted by Gasteiger charge is -2.44. The van der Waals surface area contributed by atoms with Gasteiger partial charge in [0.05, 0.1) is 19.5 Å². The molecule has 1 aromatic carbocycles. The third-order valence-electron chi connectivity index (χ3n) is 7.77. The molecule has 3 saturated heterocycles. The number of rotatable bonds is 4. The zero-order valence-electron chi connectivity index (χ0n) is 20.0. The lowest BCUT2D eigenvalue weighted by atomic mass is 9.73. The second-order valence-electron chi connectivity index (χ2n) is 10.00. The second kappa shape index (κ2) is 9.07. The number of morpholine rings is 1. The molecule has 5 heterocycles. The monoisotopic (exact) mass is 462 g/mol. The molecule has 0 saturated carbocycles. The predicted molar refractivity (Wildman–Crippen MR) is 135 cm³/mol. The van der Waals surface area contributed by atoms with E-state index in [2.05, 4.69) is 45.6 Å². The number of hydrogen-bond donors (Lipinski definition) is 2. The molecule has 2 N–H and O–H groups in total. The van der Waals surface area contributed by atoms with Gasteiger partial charge in [0.25, 0.3) is 0 Å². The van der Waals surface area contributed by atoms with Crippen molar-refractivity contribution in [3.8, 4) is 0 Å². The van der Waals surface area contributed by atoms with E-state index in [1.807, 2.05) is 6.07 Å². The van der Waals surface area contributed by atoms with Crippen molar-refractivity contribution in [3.63, 3.8) is 0 Å². The number of furan rings is 1. The first-order valence-electron chi connectivity index (χ1n) is 12.6. The van der Waals surface area contributed by atoms with Gasteiger partial charge in [-0.25, -0.2) is 4.98 Å². The van der Waals surface area contributed by atoms with Crippen LogP contribution in [0.5, 0.6) is 0 Å². The molecule has 6 rings (SSSR count). The largest absolute Gasteiger partial charge is 0.459 e. The Morgan fingerprint density at radius 1 is 1.00 bits per heavy atom. The van der Waals surface area contributed by atoms with Gasteiger partial charge >= 0.3 is 0 Å². The standard InChI is InChI=1S/C26H34N6O2/c1-19-17-20(3-4-22(19)31-12-15-33-16-13-31)28-25-29-21-5-14-34-23(21)24(30-25)32-10-7-26(8-11-32)6-2-9-27-18-26/h3-5,14,17,27H,2,6-13,15-16,18H2,1H3,(H,28,29,30). The van der Waals surface area contributed by atoms with Crippen LogP contribution < -0.4 is 20.4 Å². The quantitative estimate of drug-likeness (QED) is 0.601. The Labute approximate surface area is 200 Å². The number of fused-ring (bicyclic) bond motifs is 1. The number of benzene rings is 1. The topological polar surface area (TPSA) is 78.7 Å². The third-order valence-corrected chi connectivity index (χ3v) is 7.77. The van der Waals surface area contributed by atoms with Crippen molar-refractivity contribution in [1.29, 1.82) is 0 Å². The molecule has 8 heteroatoms. The van der Waals surface area contributed by atoms with Crippen LogP contribution in [0.15, 0.2) is 34.9 Å². The van der Waals surface area contributed by atoms with E-state index in [0.29, 0.717) is 11.4 Å². The molecular formula is C26H34N6O2. The van der Waals surface area contributed by atoms with E-state index in [9.17, 15) is 0 Å². The molecule has 0 atom stereocenters. The molecule has 0 radical (unpaired) electrons. The average molecular weight is 463 g/mol. The lowest BCUT2D eigenvalue weighted by molar-refractivity contribution is 0.122. The van der Waals surface area contributed by atoms with Crippen LogP contribution >= 0.6 is 0 Å². The first-order valence-corrected chi connectivity index (χ1v) is 12.6. The van der Waals surface area contributed by atoms with Crippen molar-refractivity contribution < 1.29 is 9.15 Å². The minimum Gasteiger partial charge on any atom is -0.459 e. The van der Waals surface area contributed by atoms with Crippen LogP contribution in [0.3, 0.4) is 0 Å². The maximum absolute atomic E-state index is 5.82. The first kappa shape index (κ1) is 21.7. The molecule has 34 heavy (non-hydrogen) atoms. The van der Waals surface area contributed by atoms with Crippen LogP contribution in [0, 0.1) is 12.3 Å². The smallest absolute Gasteiger partial charge is 0.229 e. The van der Waals surface area contributed by atoms with E-state index >= 15 is 0 Å².